The third kappa shape index (κ3) is 0.773. The van der Waals surface area contributed by atoms with E-state index >= 15 is 0 Å². The zero-order chi connectivity index (χ0) is 9.76. The summed E-state index contributed by atoms with van der Waals surface area (Å²) in [4.78, 5) is 16.2. The largest absolute Gasteiger partial charge is 0.481 e. The minimum atomic E-state index is -0.682. The van der Waals surface area contributed by atoms with E-state index < -0.39 is 11.4 Å². The Kier molecular flexibility index (Phi) is 1.52. The van der Waals surface area contributed by atoms with Gasteiger partial charge in [0, 0.05) is 11.1 Å². The summed E-state index contributed by atoms with van der Waals surface area (Å²) in [5.74, 6) is -0.126. The number of piperidine rings is 1. The highest BCUT2D eigenvalue weighted by atomic mass is 32.1. The molecule has 0 amide bonds. The lowest BCUT2D eigenvalue weighted by molar-refractivity contribution is -0.141. The number of nitrogens with one attached hydrogen (secondary N) is 1. The molecule has 2 heterocycles. The van der Waals surface area contributed by atoms with Crippen LogP contribution in [0.5, 0.6) is 0 Å². The molecule has 1 aromatic heterocycles. The van der Waals surface area contributed by atoms with Crippen LogP contribution in [0.2, 0.25) is 0 Å². The maximum absolute atomic E-state index is 11.3. The Morgan fingerprint density at radius 2 is 2.36 bits per heavy atom. The molecule has 2 fully saturated rings. The van der Waals surface area contributed by atoms with E-state index in [-0.39, 0.29) is 11.8 Å². The third-order valence-electron chi connectivity index (χ3n) is 3.47. The van der Waals surface area contributed by atoms with Gasteiger partial charge in [-0.25, -0.2) is 0 Å². The zero-order valence-electron chi connectivity index (χ0n) is 7.43. The van der Waals surface area contributed by atoms with Crippen LogP contribution in [0.15, 0.2) is 11.7 Å². The van der Waals surface area contributed by atoms with Gasteiger partial charge in [-0.05, 0) is 24.9 Å². The summed E-state index contributed by atoms with van der Waals surface area (Å²) >= 11 is 1.46. The summed E-state index contributed by atoms with van der Waals surface area (Å²) in [7, 11) is 0. The second-order valence-electron chi connectivity index (χ2n) is 3.91. The number of rotatable bonds is 2. The van der Waals surface area contributed by atoms with E-state index in [2.05, 4.69) is 10.3 Å². The Bertz CT molecular complexity index is 366. The molecule has 3 rings (SSSR count). The molecule has 14 heavy (non-hydrogen) atoms. The Balaban J connectivity index is 2.04. The number of hydrogen-bond donors (Lipinski definition) is 2. The molecule has 0 spiro atoms. The minimum Gasteiger partial charge on any atom is -0.481 e. The monoisotopic (exact) mass is 210 g/mol. The Hall–Kier alpha value is -0.940. The van der Waals surface area contributed by atoms with Crippen molar-refractivity contribution in [1.82, 2.24) is 10.3 Å². The van der Waals surface area contributed by atoms with Crippen LogP contribution >= 0.6 is 11.3 Å². The first kappa shape index (κ1) is 8.38. The fourth-order valence-corrected chi connectivity index (χ4v) is 3.69. The van der Waals surface area contributed by atoms with Crippen LogP contribution in [0.4, 0.5) is 0 Å². The van der Waals surface area contributed by atoms with Gasteiger partial charge < -0.3 is 10.4 Å². The van der Waals surface area contributed by atoms with Gasteiger partial charge in [0.25, 0.3) is 0 Å². The maximum Gasteiger partial charge on any atom is 0.315 e. The van der Waals surface area contributed by atoms with Crippen LogP contribution in [0.3, 0.4) is 0 Å². The van der Waals surface area contributed by atoms with E-state index in [0.717, 1.165) is 18.0 Å². The second-order valence-corrected chi connectivity index (χ2v) is 4.80. The number of fused-ring (bicyclic) bond motifs is 1. The van der Waals surface area contributed by atoms with Crippen LogP contribution < -0.4 is 5.32 Å². The minimum absolute atomic E-state index is 0.278. The Morgan fingerprint density at radius 1 is 1.64 bits per heavy atom. The number of aliphatic carboxylic acids is 1. The summed E-state index contributed by atoms with van der Waals surface area (Å²) in [6.07, 6.45) is 1.71. The molecule has 1 aliphatic heterocycles. The molecule has 2 unspecified atom stereocenters. The molecular formula is C9H10N2O2S. The molecule has 4 nitrogen and oxygen atoms in total. The second kappa shape index (κ2) is 2.55. The van der Waals surface area contributed by atoms with Crippen LogP contribution in [-0.4, -0.2) is 29.1 Å². The number of carbonyl (C=O) groups is 1. The van der Waals surface area contributed by atoms with Gasteiger partial charge in [0.2, 0.25) is 0 Å². The van der Waals surface area contributed by atoms with E-state index in [4.69, 9.17) is 0 Å². The van der Waals surface area contributed by atoms with Crippen LogP contribution in [0.1, 0.15) is 4.88 Å². The van der Waals surface area contributed by atoms with Crippen molar-refractivity contribution in [2.75, 3.05) is 13.1 Å². The van der Waals surface area contributed by atoms with Crippen molar-refractivity contribution in [2.24, 2.45) is 11.8 Å². The van der Waals surface area contributed by atoms with Crippen LogP contribution in [-0.2, 0) is 10.2 Å². The summed E-state index contributed by atoms with van der Waals surface area (Å²) in [6.45, 7) is 1.66. The standard InChI is InChI=1S/C9H10N2O2S/c12-8(13)9(7-3-11-4-14-7)5-1-10-2-6(5)9/h3-6,10H,1-2H2,(H,12,13). The summed E-state index contributed by atoms with van der Waals surface area (Å²) in [5.41, 5.74) is 1.11. The first-order valence-electron chi connectivity index (χ1n) is 4.61. The Labute approximate surface area is 85.0 Å². The van der Waals surface area contributed by atoms with Gasteiger partial charge >= 0.3 is 5.97 Å². The van der Waals surface area contributed by atoms with Crippen molar-refractivity contribution >= 4 is 17.3 Å². The molecule has 2 atom stereocenters. The van der Waals surface area contributed by atoms with Gasteiger partial charge in [0.15, 0.2) is 0 Å². The van der Waals surface area contributed by atoms with E-state index in [1.54, 1.807) is 11.7 Å². The number of carboxylic acid groups (broad SMARTS) is 1. The van der Waals surface area contributed by atoms with Gasteiger partial charge in [-0.15, -0.1) is 11.3 Å². The SMILES string of the molecule is O=C(O)C1(c2cncs2)C2CNCC21. The van der Waals surface area contributed by atoms with Crippen molar-refractivity contribution in [3.63, 3.8) is 0 Å². The van der Waals surface area contributed by atoms with Crippen LogP contribution in [0, 0.1) is 11.8 Å². The smallest absolute Gasteiger partial charge is 0.315 e. The van der Waals surface area contributed by atoms with Gasteiger partial charge in [0.1, 0.15) is 5.41 Å². The predicted molar refractivity (Wildman–Crippen MR) is 51.3 cm³/mol. The van der Waals surface area contributed by atoms with Gasteiger partial charge in [0.05, 0.1) is 5.51 Å². The average Bonchev–Trinajstić information content (AvgIpc) is 2.70. The number of carboxylic acids is 1. The molecule has 1 aliphatic carbocycles. The topological polar surface area (TPSA) is 62.2 Å². The number of thiazole rings is 1. The number of hydrogen-bond acceptors (Lipinski definition) is 4. The molecule has 74 valence electrons. The van der Waals surface area contributed by atoms with E-state index in [1.807, 2.05) is 0 Å². The first-order valence-corrected chi connectivity index (χ1v) is 5.49. The molecule has 0 radical (unpaired) electrons. The summed E-state index contributed by atoms with van der Waals surface area (Å²) < 4.78 is 0. The normalized spacial score (nSPS) is 39.4. The fraction of sp³-hybridized carbons (Fsp3) is 0.556. The Morgan fingerprint density at radius 3 is 2.86 bits per heavy atom. The highest BCUT2D eigenvalue weighted by molar-refractivity contribution is 7.10. The molecule has 2 N–H and O–H groups in total. The van der Waals surface area contributed by atoms with Crippen molar-refractivity contribution in [3.05, 3.63) is 16.6 Å². The first-order chi connectivity index (χ1) is 6.78. The molecule has 0 aromatic carbocycles. The molecule has 5 heteroatoms. The number of nitrogens with zero attached hydrogens (tertiary/aromatic N) is 1. The molecule has 1 saturated carbocycles. The fourth-order valence-electron chi connectivity index (χ4n) is 2.75. The summed E-state index contributed by atoms with van der Waals surface area (Å²) in [6, 6.07) is 0. The van der Waals surface area contributed by atoms with Crippen molar-refractivity contribution in [3.8, 4) is 0 Å². The molecule has 0 bridgehead atoms. The lowest BCUT2D eigenvalue weighted by Crippen LogP contribution is -2.31. The predicted octanol–water partition coefficient (Wildman–Crippen LogP) is 0.315. The highest BCUT2D eigenvalue weighted by Gasteiger charge is 2.72. The van der Waals surface area contributed by atoms with Crippen molar-refractivity contribution < 1.29 is 9.90 Å². The van der Waals surface area contributed by atoms with Gasteiger partial charge in [-0.3, -0.25) is 9.78 Å². The molecular weight excluding hydrogens is 200 g/mol. The maximum atomic E-state index is 11.3. The average molecular weight is 210 g/mol. The van der Waals surface area contributed by atoms with E-state index in [0.29, 0.717) is 0 Å². The quantitative estimate of drug-likeness (QED) is 0.737. The number of aromatic nitrogens is 1. The zero-order valence-corrected chi connectivity index (χ0v) is 8.25. The van der Waals surface area contributed by atoms with Crippen LogP contribution in [0.25, 0.3) is 0 Å². The summed E-state index contributed by atoms with van der Waals surface area (Å²) in [5, 5.41) is 12.5. The van der Waals surface area contributed by atoms with Crippen molar-refractivity contribution in [1.29, 1.82) is 0 Å². The van der Waals surface area contributed by atoms with E-state index in [1.165, 1.54) is 11.3 Å². The van der Waals surface area contributed by atoms with Gasteiger partial charge in [-0.1, -0.05) is 0 Å². The van der Waals surface area contributed by atoms with E-state index in [9.17, 15) is 9.90 Å². The third-order valence-corrected chi connectivity index (χ3v) is 4.39. The molecule has 1 aromatic rings. The molecule has 1 saturated heterocycles. The van der Waals surface area contributed by atoms with Gasteiger partial charge in [-0.2, -0.15) is 0 Å². The molecule has 2 aliphatic rings. The van der Waals surface area contributed by atoms with Crippen molar-refractivity contribution in [2.45, 2.75) is 5.41 Å². The lowest BCUT2D eigenvalue weighted by Gasteiger charge is -2.13. The highest BCUT2D eigenvalue weighted by Crippen LogP contribution is 2.62. The lowest BCUT2D eigenvalue weighted by atomic mass is 9.99.